The summed E-state index contributed by atoms with van der Waals surface area (Å²) in [5.41, 5.74) is 4.10. The summed E-state index contributed by atoms with van der Waals surface area (Å²) < 4.78 is 5.32. The Bertz CT molecular complexity index is 939. The molecule has 0 fully saturated rings. The Labute approximate surface area is 183 Å². The zero-order valence-corrected chi connectivity index (χ0v) is 18.5. The minimum absolute atomic E-state index is 0.263. The van der Waals surface area contributed by atoms with Gasteiger partial charge in [-0.05, 0) is 37.2 Å². The molecule has 0 bridgehead atoms. The number of amides is 2. The molecule has 0 aliphatic carbocycles. The van der Waals surface area contributed by atoms with E-state index >= 15 is 0 Å². The van der Waals surface area contributed by atoms with Crippen molar-refractivity contribution < 1.29 is 14.3 Å². The molecule has 0 spiro atoms. The number of ether oxygens (including phenoxy) is 1. The Hall–Kier alpha value is -3.32. The standard InChI is InChI=1S/C24H30N4O3/c1-5-31-23(29)21-20(25-24(30)26-22(21)18-9-7-6-8-10-18)16-28(4)15-17-11-13-19(14-12-17)27(2)3/h6-14,22H,5,15-16H2,1-4H3,(H2,25,26,30)/t22-/m0/s1. The summed E-state index contributed by atoms with van der Waals surface area (Å²) >= 11 is 0. The minimum atomic E-state index is -0.559. The number of hydrogen-bond donors (Lipinski definition) is 2. The van der Waals surface area contributed by atoms with E-state index in [1.165, 1.54) is 0 Å². The summed E-state index contributed by atoms with van der Waals surface area (Å²) in [5, 5.41) is 5.69. The van der Waals surface area contributed by atoms with Crippen molar-refractivity contribution in [3.8, 4) is 0 Å². The van der Waals surface area contributed by atoms with E-state index in [4.69, 9.17) is 4.74 Å². The number of carbonyl (C=O) groups is 2. The van der Waals surface area contributed by atoms with Gasteiger partial charge in [-0.3, -0.25) is 4.90 Å². The average Bonchev–Trinajstić information content (AvgIpc) is 2.74. The fourth-order valence-corrected chi connectivity index (χ4v) is 3.63. The van der Waals surface area contributed by atoms with Crippen molar-refractivity contribution in [1.29, 1.82) is 0 Å². The number of nitrogens with zero attached hydrogens (tertiary/aromatic N) is 2. The third-order valence-electron chi connectivity index (χ3n) is 5.12. The molecular weight excluding hydrogens is 392 g/mol. The number of benzene rings is 2. The van der Waals surface area contributed by atoms with Crippen LogP contribution < -0.4 is 15.5 Å². The lowest BCUT2D eigenvalue weighted by atomic mass is 9.95. The second kappa shape index (κ2) is 10.1. The third-order valence-corrected chi connectivity index (χ3v) is 5.12. The van der Waals surface area contributed by atoms with Crippen LogP contribution in [0.15, 0.2) is 65.9 Å². The summed E-state index contributed by atoms with van der Waals surface area (Å²) in [7, 11) is 5.97. The van der Waals surface area contributed by atoms with Gasteiger partial charge in [-0.15, -0.1) is 0 Å². The smallest absolute Gasteiger partial charge is 0.338 e. The Balaban J connectivity index is 1.86. The number of anilines is 1. The van der Waals surface area contributed by atoms with E-state index in [2.05, 4.69) is 44.7 Å². The predicted octanol–water partition coefficient (Wildman–Crippen LogP) is 3.06. The molecule has 0 unspecified atom stereocenters. The third kappa shape index (κ3) is 5.64. The van der Waals surface area contributed by atoms with Crippen molar-refractivity contribution in [2.45, 2.75) is 19.5 Å². The number of hydrogen-bond acceptors (Lipinski definition) is 5. The number of carbonyl (C=O) groups excluding carboxylic acids is 2. The largest absolute Gasteiger partial charge is 0.463 e. The first-order chi connectivity index (χ1) is 14.9. The van der Waals surface area contributed by atoms with Gasteiger partial charge in [0.25, 0.3) is 0 Å². The molecule has 0 saturated carbocycles. The van der Waals surface area contributed by atoms with Crippen LogP contribution in [0.2, 0.25) is 0 Å². The van der Waals surface area contributed by atoms with E-state index in [0.717, 1.165) is 16.8 Å². The first-order valence-electron chi connectivity index (χ1n) is 10.4. The Morgan fingerprint density at radius 3 is 2.29 bits per heavy atom. The summed E-state index contributed by atoms with van der Waals surface area (Å²) in [6.45, 7) is 3.11. The van der Waals surface area contributed by atoms with Gasteiger partial charge in [-0.2, -0.15) is 0 Å². The molecule has 1 heterocycles. The molecule has 2 amide bonds. The highest BCUT2D eigenvalue weighted by atomic mass is 16.5. The van der Waals surface area contributed by atoms with Crippen LogP contribution in [0.1, 0.15) is 24.1 Å². The van der Waals surface area contributed by atoms with Gasteiger partial charge < -0.3 is 20.3 Å². The molecule has 2 aromatic rings. The number of nitrogens with one attached hydrogen (secondary N) is 2. The van der Waals surface area contributed by atoms with Gasteiger partial charge in [0.15, 0.2) is 0 Å². The predicted molar refractivity (Wildman–Crippen MR) is 122 cm³/mol. The van der Waals surface area contributed by atoms with E-state index < -0.39 is 12.0 Å². The van der Waals surface area contributed by atoms with E-state index in [0.29, 0.717) is 24.4 Å². The van der Waals surface area contributed by atoms with Crippen LogP contribution in [0, 0.1) is 0 Å². The van der Waals surface area contributed by atoms with Crippen molar-refractivity contribution in [2.75, 3.05) is 39.2 Å². The van der Waals surface area contributed by atoms with E-state index in [-0.39, 0.29) is 12.6 Å². The van der Waals surface area contributed by atoms with Crippen LogP contribution in [-0.2, 0) is 16.1 Å². The van der Waals surface area contributed by atoms with Crippen molar-refractivity contribution in [3.05, 3.63) is 77.0 Å². The van der Waals surface area contributed by atoms with Crippen molar-refractivity contribution in [2.24, 2.45) is 0 Å². The number of urea groups is 1. The Morgan fingerprint density at radius 1 is 1.00 bits per heavy atom. The molecule has 31 heavy (non-hydrogen) atoms. The van der Waals surface area contributed by atoms with Crippen molar-refractivity contribution in [3.63, 3.8) is 0 Å². The summed E-state index contributed by atoms with van der Waals surface area (Å²) in [4.78, 5) is 29.4. The van der Waals surface area contributed by atoms with Crippen LogP contribution >= 0.6 is 0 Å². The minimum Gasteiger partial charge on any atom is -0.463 e. The Morgan fingerprint density at radius 2 is 1.68 bits per heavy atom. The fraction of sp³-hybridized carbons (Fsp3) is 0.333. The quantitative estimate of drug-likeness (QED) is 0.640. The van der Waals surface area contributed by atoms with Crippen LogP contribution in [0.5, 0.6) is 0 Å². The molecule has 0 saturated heterocycles. The van der Waals surface area contributed by atoms with E-state index in [1.54, 1.807) is 6.92 Å². The monoisotopic (exact) mass is 422 g/mol. The second-order valence-electron chi connectivity index (χ2n) is 7.79. The molecule has 1 aliphatic heterocycles. The molecule has 0 aromatic heterocycles. The summed E-state index contributed by atoms with van der Waals surface area (Å²) in [5.74, 6) is -0.428. The van der Waals surface area contributed by atoms with E-state index in [9.17, 15) is 9.59 Å². The molecule has 3 rings (SSSR count). The molecule has 7 heteroatoms. The zero-order valence-electron chi connectivity index (χ0n) is 18.5. The first-order valence-corrected chi connectivity index (χ1v) is 10.4. The van der Waals surface area contributed by atoms with Gasteiger partial charge in [-0.1, -0.05) is 42.5 Å². The molecular formula is C24H30N4O3. The molecule has 1 atom stereocenters. The van der Waals surface area contributed by atoms with Crippen LogP contribution in [0.4, 0.5) is 10.5 Å². The molecule has 1 aliphatic rings. The normalized spacial score (nSPS) is 16.0. The highest BCUT2D eigenvalue weighted by molar-refractivity contribution is 5.95. The van der Waals surface area contributed by atoms with Gasteiger partial charge in [0.05, 0.1) is 18.2 Å². The number of likely N-dealkylation sites (N-methyl/N-ethyl adjacent to an activating group) is 1. The van der Waals surface area contributed by atoms with Gasteiger partial charge in [0, 0.05) is 38.6 Å². The first kappa shape index (κ1) is 22.4. The summed E-state index contributed by atoms with van der Waals surface area (Å²) in [6.07, 6.45) is 0. The number of rotatable bonds is 8. The SMILES string of the molecule is CCOC(=O)C1=C(CN(C)Cc2ccc(N(C)C)cc2)NC(=O)N[C@H]1c1ccccc1. The highest BCUT2D eigenvalue weighted by Gasteiger charge is 2.33. The fourth-order valence-electron chi connectivity index (χ4n) is 3.63. The number of esters is 1. The molecule has 164 valence electrons. The van der Waals surface area contributed by atoms with Crippen molar-refractivity contribution >= 4 is 17.7 Å². The lowest BCUT2D eigenvalue weighted by Crippen LogP contribution is -2.48. The zero-order chi connectivity index (χ0) is 22.4. The van der Waals surface area contributed by atoms with Crippen molar-refractivity contribution in [1.82, 2.24) is 15.5 Å². The van der Waals surface area contributed by atoms with Crippen LogP contribution in [0.3, 0.4) is 0 Å². The maximum atomic E-state index is 12.8. The maximum absolute atomic E-state index is 12.8. The average molecular weight is 423 g/mol. The van der Waals surface area contributed by atoms with E-state index in [1.807, 2.05) is 51.5 Å². The van der Waals surface area contributed by atoms with Gasteiger partial charge in [0.1, 0.15) is 0 Å². The second-order valence-corrected chi connectivity index (χ2v) is 7.79. The van der Waals surface area contributed by atoms with Crippen LogP contribution in [0.25, 0.3) is 0 Å². The molecule has 2 N–H and O–H groups in total. The van der Waals surface area contributed by atoms with Crippen LogP contribution in [-0.4, -0.2) is 51.2 Å². The summed E-state index contributed by atoms with van der Waals surface area (Å²) in [6, 6.07) is 16.9. The lowest BCUT2D eigenvalue weighted by molar-refractivity contribution is -0.139. The maximum Gasteiger partial charge on any atom is 0.338 e. The van der Waals surface area contributed by atoms with Gasteiger partial charge in [-0.25, -0.2) is 9.59 Å². The lowest BCUT2D eigenvalue weighted by Gasteiger charge is -2.31. The van der Waals surface area contributed by atoms with Gasteiger partial charge >= 0.3 is 12.0 Å². The van der Waals surface area contributed by atoms with Gasteiger partial charge in [0.2, 0.25) is 0 Å². The molecule has 2 aromatic carbocycles. The molecule has 7 nitrogen and oxygen atoms in total. The Kier molecular flexibility index (Phi) is 7.31. The molecule has 0 radical (unpaired) electrons. The topological polar surface area (TPSA) is 73.9 Å². The highest BCUT2D eigenvalue weighted by Crippen LogP contribution is 2.28.